The second kappa shape index (κ2) is 57.5. The first-order valence-corrected chi connectivity index (χ1v) is 45.4. The van der Waals surface area contributed by atoms with Crippen LogP contribution in [0.4, 0.5) is 0 Å². The Hall–Kier alpha value is 4.76. The summed E-state index contributed by atoms with van der Waals surface area (Å²) in [4.78, 5) is 4.83. The van der Waals surface area contributed by atoms with E-state index >= 15 is 0 Å². The molecule has 0 spiro atoms. The molecule has 0 N–H and O–H groups in total. The number of nitrogens with zero attached hydrogens (tertiary/aromatic N) is 1. The van der Waals surface area contributed by atoms with E-state index in [0.717, 1.165) is 46.5 Å². The molecule has 1 nitrogen and oxygen atoms in total. The van der Waals surface area contributed by atoms with E-state index in [2.05, 4.69) is 64.5 Å². The molecule has 4 bridgehead atoms. The summed E-state index contributed by atoms with van der Waals surface area (Å²) in [5.41, 5.74) is 8.01. The van der Waals surface area contributed by atoms with Crippen LogP contribution in [0.1, 0.15) is 55.1 Å². The van der Waals surface area contributed by atoms with Crippen LogP contribution in [0.25, 0.3) is 22.4 Å². The summed E-state index contributed by atoms with van der Waals surface area (Å²) in [6.07, 6.45) is -86.9. The molecular weight excluding hydrogens is 1520 g/mol. The SMILES string of the molecule is Brc1ccccc1-c1ccc(-c2ccc3c(c2)C2CC4CC(CC3C4)C2)nc1.[B][B]B([B])B(B([B])[B])B(B(B(B([B])[B])B([B])[B])B(B([B])[B])B([B])[B])B(B(B(B([B])[B])B([B])[B])B(B([B])[B])B([B])[B])B(B(B(B(B([B])[B])B([B])[B])B(B([B])[B])B([B])[B])B(B(B([B])[B])B([B])[B])B(B([B])[B])B([B])[B])B(B(B(B([B])[B])B([B])[B])B(B([B])[B])B([B])[B])B(B(B([B])[B])B([B])[B])B(B([B])[B])B([B])[B]. The molecule has 131 heavy (non-hydrogen) atoms. The molecule has 0 aliphatic heterocycles. The predicted molar refractivity (Wildman–Crippen MR) is 711 cm³/mol. The van der Waals surface area contributed by atoms with Gasteiger partial charge < -0.3 is 0 Å². The van der Waals surface area contributed by atoms with Crippen LogP contribution < -0.4 is 0 Å². The number of aromatic nitrogens is 1. The topological polar surface area (TPSA) is 12.9 Å². The summed E-state index contributed by atoms with van der Waals surface area (Å²) < 4.78 is 1.11. The van der Waals surface area contributed by atoms with E-state index in [1.165, 1.54) is 43.2 Å². The third kappa shape index (κ3) is 31.9. The number of hydrogen-bond donors (Lipinski definition) is 0. The lowest BCUT2D eigenvalue weighted by Crippen LogP contribution is -3.01. The molecule has 3 aromatic rings. The Bertz CT molecular complexity index is 3310. The average molecular weight is 1540 g/mol. The van der Waals surface area contributed by atoms with Gasteiger partial charge in [0.2, 0.25) is 0 Å². The van der Waals surface area contributed by atoms with Crippen LogP contribution in [-0.2, 0) is 0 Å². The maximum atomic E-state index is 7.49. The largest absolute Gasteiger partial charge is 0.256 e. The fraction of sp³-hybridized carbons (Fsp3) is 0.346. The molecule has 7 rings (SSSR count). The summed E-state index contributed by atoms with van der Waals surface area (Å²) in [7, 11) is 373. The second-order valence-electron chi connectivity index (χ2n) is 38.1. The Labute approximate surface area is 894 Å². The van der Waals surface area contributed by atoms with Crippen molar-refractivity contribution in [2.24, 2.45) is 11.8 Å². The quantitative estimate of drug-likeness (QED) is 0.0514. The molecule has 2 fully saturated rings. The Morgan fingerprint density at radius 1 is 0.221 bits per heavy atom. The Morgan fingerprint density at radius 2 is 0.420 bits per heavy atom. The smallest absolute Gasteiger partial charge is 0.0702 e. The van der Waals surface area contributed by atoms with Gasteiger partial charge in [0.15, 0.2) is 0 Å². The first-order chi connectivity index (χ1) is 60.6. The van der Waals surface area contributed by atoms with Crippen molar-refractivity contribution in [2.75, 3.05) is 0 Å². The standard InChI is InChI=1S/C26H24BrN.B103/c27-25-4-2-1-3-23(25)19-6-8-26(28-15-19)18-5-7-22-20-10-16-9-17(11-20)13-21(12-16)24(22)14-18;1-53-79(52)92(78(50)51)99(93(80(54(2)3)55(4)5)81(56(6)7)57(8)9)102(98(90(74(42)43)75(44)45)91(76(46)47)77(48)49)103(100(94(82(58(10)11)59(12)13)83(60(14)15)61(16)17)95(84(62(18)19)63(20)21)85(64(22)23)65(24)25)101(96(86(66(26)27)67(28)29)87(68(30)31)69(32)33)97(88(70(34)35)71(36)37)89(72(38)39)73(40)41/h1-8,14-17,20-21H,9-13H2;. The molecule has 2 atom stereocenters. The van der Waals surface area contributed by atoms with Crippen molar-refractivity contribution in [3.8, 4) is 22.4 Å². The summed E-state index contributed by atoms with van der Waals surface area (Å²) in [6, 6.07) is 19.9. The Balaban J connectivity index is 0.000000892. The van der Waals surface area contributed by atoms with Gasteiger partial charge in [-0.1, -0.05) is 52.3 Å². The van der Waals surface area contributed by atoms with Crippen molar-refractivity contribution < 1.29 is 0 Å². The van der Waals surface area contributed by atoms with Gasteiger partial charge >= 0.3 is 0 Å². The minimum Gasteiger partial charge on any atom is -0.256 e. The van der Waals surface area contributed by atoms with Crippen LogP contribution in [0.5, 0.6) is 0 Å². The van der Waals surface area contributed by atoms with Crippen LogP contribution >= 0.6 is 15.9 Å². The molecule has 0 amide bonds. The molecule has 2 saturated carbocycles. The van der Waals surface area contributed by atoms with Crippen LogP contribution in [0, 0.1) is 11.8 Å². The van der Waals surface area contributed by atoms with Gasteiger partial charge in [-0.2, -0.15) is 0 Å². The highest BCUT2D eigenvalue weighted by molar-refractivity contribution is 9.10. The minimum atomic E-state index is -2.36. The lowest BCUT2D eigenvalue weighted by molar-refractivity contribution is 0.166. The van der Waals surface area contributed by atoms with Gasteiger partial charge in [-0.3, -0.25) is 4.98 Å². The second-order valence-corrected chi connectivity index (χ2v) is 39.0. The maximum absolute atomic E-state index is 7.49. The Morgan fingerprint density at radius 3 is 0.618 bits per heavy atom. The Kier molecular flexibility index (Phi) is 55.4. The van der Waals surface area contributed by atoms with Gasteiger partial charge in [0.25, 0.3) is 0 Å². The van der Waals surface area contributed by atoms with E-state index in [9.17, 15) is 0 Å². The zero-order valence-corrected chi connectivity index (χ0v) is 77.0. The summed E-state index contributed by atoms with van der Waals surface area (Å²) in [5.74, 6) is 3.54. The molecule has 105 heteroatoms. The van der Waals surface area contributed by atoms with Crippen molar-refractivity contribution in [1.82, 2.24) is 4.98 Å². The summed E-state index contributed by atoms with van der Waals surface area (Å²) >= 11 is 3.65. The van der Waals surface area contributed by atoms with Gasteiger partial charge in [0.1, 0.15) is 0 Å². The fourth-order valence-electron chi connectivity index (χ4n) is 24.8. The normalized spacial score (nSPS) is 13.6. The number of halogens is 1. The average Bonchev–Trinajstić information content (AvgIpc) is 1.23. The van der Waals surface area contributed by atoms with Crippen molar-refractivity contribution >= 4 is 745 Å². The first-order valence-electron chi connectivity index (χ1n) is 44.6. The third-order valence-corrected chi connectivity index (χ3v) is 30.0. The first kappa shape index (κ1) is 126. The highest BCUT2D eigenvalue weighted by atomic mass is 79.9. The number of rotatable bonds is 52. The van der Waals surface area contributed by atoms with Gasteiger partial charge in [0, 0.05) is 750 Å². The lowest BCUT2D eigenvalue weighted by atomic mass is 8.18. The van der Waals surface area contributed by atoms with Crippen LogP contribution in [0.2, 0.25) is 0 Å². The molecule has 2 aromatic carbocycles. The third-order valence-electron chi connectivity index (χ3n) is 29.3. The highest BCUT2D eigenvalue weighted by Crippen LogP contribution is 2.56. The summed E-state index contributed by atoms with van der Waals surface area (Å²) in [5, 5.41) is 0. The van der Waals surface area contributed by atoms with Crippen molar-refractivity contribution in [2.45, 2.75) is 43.9 Å². The monoisotopic (exact) mass is 1560 g/mol. The molecule has 4 aliphatic carbocycles. The van der Waals surface area contributed by atoms with Crippen molar-refractivity contribution in [3.05, 3.63) is 76.4 Å². The van der Waals surface area contributed by atoms with E-state index < -0.39 is 319 Å². The van der Waals surface area contributed by atoms with Crippen LogP contribution in [0.3, 0.4) is 0 Å². The maximum Gasteiger partial charge on any atom is 0.0702 e. The van der Waals surface area contributed by atoms with Gasteiger partial charge in [0.05, 0.1) is 5.69 Å². The van der Waals surface area contributed by atoms with E-state index in [4.69, 9.17) is 407 Å². The molecule has 2 unspecified atom stereocenters. The predicted octanol–water partition coefficient (Wildman–Crippen LogP) is -31.7. The highest BCUT2D eigenvalue weighted by Gasteiger charge is 2.69. The molecule has 449 valence electrons. The summed E-state index contributed by atoms with van der Waals surface area (Å²) in [6.45, 7) is 0. The molecule has 0 saturated heterocycles. The van der Waals surface area contributed by atoms with Crippen molar-refractivity contribution in [1.29, 1.82) is 0 Å². The van der Waals surface area contributed by atoms with E-state index in [0.29, 0.717) is 0 Å². The fourth-order valence-corrected chi connectivity index (χ4v) is 25.4. The molecular formula is C26H24B103BrN. The molecule has 1 aromatic heterocycles. The molecule has 4 aliphatic rings. The van der Waals surface area contributed by atoms with Gasteiger partial charge in [-0.15, -0.1) is 0 Å². The van der Waals surface area contributed by atoms with Crippen LogP contribution in [-0.4, -0.2) is 734 Å². The molecule has 1 heterocycles. The van der Waals surface area contributed by atoms with E-state index in [1.807, 2.05) is 12.3 Å². The van der Waals surface area contributed by atoms with Gasteiger partial charge in [-0.05, 0) is 90.7 Å². The number of pyridine rings is 1. The molecule has 105 radical (unpaired) electrons. The zero-order valence-electron chi connectivity index (χ0n) is 75.4. The van der Waals surface area contributed by atoms with E-state index in [-0.39, 0.29) is 0 Å². The van der Waals surface area contributed by atoms with Crippen molar-refractivity contribution in [3.63, 3.8) is 0 Å². The van der Waals surface area contributed by atoms with Gasteiger partial charge in [-0.25, -0.2) is 0 Å². The number of hydrogen-bond acceptors (Lipinski definition) is 1. The van der Waals surface area contributed by atoms with E-state index in [1.54, 1.807) is 11.1 Å². The van der Waals surface area contributed by atoms with Crippen LogP contribution in [0.15, 0.2) is 65.3 Å². The minimum absolute atomic E-state index is 0.783. The lowest BCUT2D eigenvalue weighted by Gasteiger charge is -2.63. The zero-order chi connectivity index (χ0) is 100. The number of benzene rings is 2.